The van der Waals surface area contributed by atoms with Crippen LogP contribution in [0.5, 0.6) is 0 Å². The molecule has 3 aromatic rings. The number of rotatable bonds is 3. The van der Waals surface area contributed by atoms with Crippen LogP contribution < -0.4 is 5.32 Å². The van der Waals surface area contributed by atoms with Crippen LogP contribution in [-0.2, 0) is 10.3 Å². The molecule has 0 spiro atoms. The number of fused-ring (bicyclic) bond motifs is 1. The molecule has 148 valence electrons. The molecule has 0 bridgehead atoms. The monoisotopic (exact) mass is 391 g/mol. The quantitative estimate of drug-likeness (QED) is 0.636. The van der Waals surface area contributed by atoms with Gasteiger partial charge in [0, 0.05) is 12.7 Å². The number of aryl methyl sites for hydroxylation is 1. The van der Waals surface area contributed by atoms with Crippen LogP contribution in [0.3, 0.4) is 0 Å². The number of carboxylic acid groups (broad SMARTS) is 1. The maximum absolute atomic E-state index is 12.3. The lowest BCUT2D eigenvalue weighted by Crippen LogP contribution is -2.58. The van der Waals surface area contributed by atoms with Crippen LogP contribution in [0.1, 0.15) is 35.1 Å². The van der Waals surface area contributed by atoms with E-state index in [1.807, 2.05) is 42.7 Å². The summed E-state index contributed by atoms with van der Waals surface area (Å²) in [6.45, 7) is 3.77. The fourth-order valence-electron chi connectivity index (χ4n) is 3.76. The van der Waals surface area contributed by atoms with Crippen molar-refractivity contribution in [3.8, 4) is 5.69 Å². The molecule has 2 aromatic carbocycles. The summed E-state index contributed by atoms with van der Waals surface area (Å²) in [7, 11) is 1.58. The molecule has 2 heterocycles. The highest BCUT2D eigenvalue weighted by atomic mass is 16.4. The Morgan fingerprint density at radius 3 is 2.72 bits per heavy atom. The lowest BCUT2D eigenvalue weighted by molar-refractivity contribution is -0.129. The summed E-state index contributed by atoms with van der Waals surface area (Å²) in [4.78, 5) is 29.4. The molecule has 1 aliphatic heterocycles. The summed E-state index contributed by atoms with van der Waals surface area (Å²) in [5.74, 6) is -0.314. The number of aromatic carboxylic acids is 1. The first kappa shape index (κ1) is 18.7. The van der Waals surface area contributed by atoms with E-state index in [1.54, 1.807) is 25.2 Å². The third-order valence-corrected chi connectivity index (χ3v) is 5.42. The van der Waals surface area contributed by atoms with Crippen molar-refractivity contribution < 1.29 is 14.7 Å². The predicted octanol–water partition coefficient (Wildman–Crippen LogP) is 2.63. The van der Waals surface area contributed by atoms with Gasteiger partial charge in [0.25, 0.3) is 0 Å². The molecular formula is C21H21N5O3. The van der Waals surface area contributed by atoms with Crippen molar-refractivity contribution in [3.63, 3.8) is 0 Å². The van der Waals surface area contributed by atoms with E-state index in [2.05, 4.69) is 10.3 Å². The SMILES string of the molecule is Cc1nc2cc(C(=O)O)ccc2n1-c1cccc([C@]2(C)CC(=O)N(C)C(=N)N2)c1. The molecule has 8 heteroatoms. The minimum absolute atomic E-state index is 0.0691. The van der Waals surface area contributed by atoms with Crippen molar-refractivity contribution in [1.29, 1.82) is 5.41 Å². The molecule has 1 fully saturated rings. The molecule has 1 aliphatic rings. The molecular weight excluding hydrogens is 370 g/mol. The van der Waals surface area contributed by atoms with Gasteiger partial charge in [0.2, 0.25) is 5.91 Å². The fourth-order valence-corrected chi connectivity index (χ4v) is 3.76. The normalized spacial score (nSPS) is 19.5. The van der Waals surface area contributed by atoms with Gasteiger partial charge in [0.15, 0.2) is 5.96 Å². The number of imidazole rings is 1. The maximum Gasteiger partial charge on any atom is 0.335 e. The summed E-state index contributed by atoms with van der Waals surface area (Å²) in [6, 6.07) is 12.6. The number of nitrogens with one attached hydrogen (secondary N) is 2. The van der Waals surface area contributed by atoms with Crippen LogP contribution in [-0.4, -0.2) is 44.4 Å². The first-order valence-electron chi connectivity index (χ1n) is 9.16. The summed E-state index contributed by atoms with van der Waals surface area (Å²) < 4.78 is 1.95. The zero-order valence-corrected chi connectivity index (χ0v) is 16.4. The highest BCUT2D eigenvalue weighted by Crippen LogP contribution is 2.31. The van der Waals surface area contributed by atoms with E-state index in [9.17, 15) is 14.7 Å². The number of nitrogens with zero attached hydrogens (tertiary/aromatic N) is 3. The number of carbonyl (C=O) groups excluding carboxylic acids is 1. The second kappa shape index (κ2) is 6.44. The Labute approximate surface area is 167 Å². The topological polar surface area (TPSA) is 111 Å². The third kappa shape index (κ3) is 3.02. The Hall–Kier alpha value is -3.68. The van der Waals surface area contributed by atoms with Crippen LogP contribution >= 0.6 is 0 Å². The van der Waals surface area contributed by atoms with E-state index >= 15 is 0 Å². The van der Waals surface area contributed by atoms with Crippen LogP contribution in [0.15, 0.2) is 42.5 Å². The van der Waals surface area contributed by atoms with Crippen molar-refractivity contribution in [2.24, 2.45) is 0 Å². The van der Waals surface area contributed by atoms with E-state index in [4.69, 9.17) is 5.41 Å². The minimum Gasteiger partial charge on any atom is -0.478 e. The Balaban J connectivity index is 1.80. The molecule has 29 heavy (non-hydrogen) atoms. The van der Waals surface area contributed by atoms with Crippen LogP contribution in [0.2, 0.25) is 0 Å². The number of carbonyl (C=O) groups is 2. The summed E-state index contributed by atoms with van der Waals surface area (Å²) in [6.07, 6.45) is 0.237. The smallest absolute Gasteiger partial charge is 0.335 e. The van der Waals surface area contributed by atoms with Crippen LogP contribution in [0, 0.1) is 12.3 Å². The van der Waals surface area contributed by atoms with E-state index < -0.39 is 11.5 Å². The molecule has 4 rings (SSSR count). The Kier molecular flexibility index (Phi) is 4.15. The van der Waals surface area contributed by atoms with E-state index in [1.165, 1.54) is 4.90 Å². The van der Waals surface area contributed by atoms with E-state index in [0.29, 0.717) is 5.52 Å². The molecule has 1 amide bonds. The summed E-state index contributed by atoms with van der Waals surface area (Å²) >= 11 is 0. The largest absolute Gasteiger partial charge is 0.478 e. The van der Waals surface area contributed by atoms with Gasteiger partial charge in [-0.05, 0) is 49.7 Å². The molecule has 3 N–H and O–H groups in total. The first-order valence-corrected chi connectivity index (χ1v) is 9.16. The van der Waals surface area contributed by atoms with Gasteiger partial charge in [-0.2, -0.15) is 0 Å². The zero-order chi connectivity index (χ0) is 20.9. The average molecular weight is 391 g/mol. The van der Waals surface area contributed by atoms with Gasteiger partial charge < -0.3 is 10.4 Å². The first-order chi connectivity index (χ1) is 13.7. The summed E-state index contributed by atoms with van der Waals surface area (Å²) in [5.41, 5.74) is 2.63. The van der Waals surface area contributed by atoms with Gasteiger partial charge in [-0.1, -0.05) is 12.1 Å². The fraction of sp³-hybridized carbons (Fsp3) is 0.238. The number of carboxylic acids is 1. The summed E-state index contributed by atoms with van der Waals surface area (Å²) in [5, 5.41) is 20.4. The molecule has 0 unspecified atom stereocenters. The lowest BCUT2D eigenvalue weighted by atomic mass is 9.86. The average Bonchev–Trinajstić information content (AvgIpc) is 3.01. The second-order valence-corrected chi connectivity index (χ2v) is 7.49. The van der Waals surface area contributed by atoms with Crippen molar-refractivity contribution >= 4 is 28.9 Å². The number of hydrogen-bond acceptors (Lipinski definition) is 4. The molecule has 0 aliphatic carbocycles. The zero-order valence-electron chi connectivity index (χ0n) is 16.4. The van der Waals surface area contributed by atoms with Gasteiger partial charge in [0.1, 0.15) is 5.82 Å². The van der Waals surface area contributed by atoms with Crippen molar-refractivity contribution in [1.82, 2.24) is 19.8 Å². The van der Waals surface area contributed by atoms with Crippen molar-refractivity contribution in [3.05, 3.63) is 59.4 Å². The number of hydrogen-bond donors (Lipinski definition) is 3. The van der Waals surface area contributed by atoms with Gasteiger partial charge in [0.05, 0.1) is 28.6 Å². The van der Waals surface area contributed by atoms with Crippen LogP contribution in [0.4, 0.5) is 0 Å². The van der Waals surface area contributed by atoms with Gasteiger partial charge in [-0.15, -0.1) is 0 Å². The lowest BCUT2D eigenvalue weighted by Gasteiger charge is -2.39. The standard InChI is InChI=1S/C21H21N5O3/c1-12-23-16-9-13(19(28)29)7-8-17(16)26(12)15-6-4-5-14(10-15)21(2)11-18(27)25(3)20(22)24-21/h4-10H,11H2,1-3H3,(H2,22,24)(H,28,29)/t21-/m0/s1. The predicted molar refractivity (Wildman–Crippen MR) is 108 cm³/mol. The van der Waals surface area contributed by atoms with Crippen molar-refractivity contribution in [2.75, 3.05) is 7.05 Å². The van der Waals surface area contributed by atoms with Gasteiger partial charge >= 0.3 is 5.97 Å². The Morgan fingerprint density at radius 1 is 1.28 bits per heavy atom. The van der Waals surface area contributed by atoms with Gasteiger partial charge in [-0.3, -0.25) is 19.7 Å². The number of aromatic nitrogens is 2. The molecule has 8 nitrogen and oxygen atoms in total. The minimum atomic E-state index is -0.991. The maximum atomic E-state index is 12.3. The molecule has 1 saturated heterocycles. The third-order valence-electron chi connectivity index (χ3n) is 5.42. The highest BCUT2D eigenvalue weighted by Gasteiger charge is 2.38. The Bertz CT molecular complexity index is 1160. The van der Waals surface area contributed by atoms with Gasteiger partial charge in [-0.25, -0.2) is 9.78 Å². The molecule has 1 aromatic heterocycles. The molecule has 1 atom stereocenters. The van der Waals surface area contributed by atoms with Crippen LogP contribution in [0.25, 0.3) is 16.7 Å². The molecule has 0 saturated carbocycles. The highest BCUT2D eigenvalue weighted by molar-refractivity contribution is 5.99. The number of guanidine groups is 1. The van der Waals surface area contributed by atoms with E-state index in [0.717, 1.165) is 22.6 Å². The molecule has 0 radical (unpaired) electrons. The number of amides is 1. The van der Waals surface area contributed by atoms with Crippen molar-refractivity contribution in [2.45, 2.75) is 25.8 Å². The number of benzene rings is 2. The second-order valence-electron chi connectivity index (χ2n) is 7.49. The van der Waals surface area contributed by atoms with E-state index in [-0.39, 0.29) is 23.9 Å². The Morgan fingerprint density at radius 2 is 2.03 bits per heavy atom.